The number of aromatic nitrogens is 1. The van der Waals surface area contributed by atoms with Crippen molar-refractivity contribution in [3.63, 3.8) is 0 Å². The average molecular weight is 423 g/mol. The molecule has 2 aromatic carbocycles. The van der Waals surface area contributed by atoms with E-state index < -0.39 is 9.84 Å². The van der Waals surface area contributed by atoms with Crippen molar-refractivity contribution in [2.75, 3.05) is 13.2 Å². The topological polar surface area (TPSA) is 92.1 Å². The Hall–Kier alpha value is -3.23. The summed E-state index contributed by atoms with van der Waals surface area (Å²) in [5.41, 5.74) is 2.78. The second-order valence-corrected chi connectivity index (χ2v) is 8.77. The fourth-order valence-electron chi connectivity index (χ4n) is 3.17. The van der Waals surface area contributed by atoms with Gasteiger partial charge in [0.1, 0.15) is 6.61 Å². The molecule has 2 heterocycles. The minimum absolute atomic E-state index is 0.0559. The molecular formula is C22H21N3O4S. The minimum atomic E-state index is -3.56. The molecule has 0 radical (unpaired) electrons. The first-order valence-corrected chi connectivity index (χ1v) is 11.0. The molecule has 0 saturated heterocycles. The predicted molar refractivity (Wildman–Crippen MR) is 112 cm³/mol. The van der Waals surface area contributed by atoms with Crippen molar-refractivity contribution < 1.29 is 18.3 Å². The van der Waals surface area contributed by atoms with E-state index in [1.54, 1.807) is 60.9 Å². The van der Waals surface area contributed by atoms with E-state index >= 15 is 0 Å². The fraction of sp³-hybridized carbons (Fsp3) is 0.182. The number of ether oxygens (including phenoxy) is 1. The number of aliphatic hydroxyl groups is 1. The van der Waals surface area contributed by atoms with Crippen molar-refractivity contribution in [3.8, 4) is 5.88 Å². The van der Waals surface area contributed by atoms with Crippen LogP contribution in [0.5, 0.6) is 5.88 Å². The molecule has 0 atom stereocenters. The summed E-state index contributed by atoms with van der Waals surface area (Å²) in [6, 6.07) is 17.2. The first-order chi connectivity index (χ1) is 14.6. The lowest BCUT2D eigenvalue weighted by atomic mass is 10.1. The van der Waals surface area contributed by atoms with E-state index in [9.17, 15) is 8.42 Å². The van der Waals surface area contributed by atoms with Gasteiger partial charge in [-0.25, -0.2) is 13.4 Å². The molecule has 1 aliphatic heterocycles. The average Bonchev–Trinajstić information content (AvgIpc) is 2.79. The predicted octanol–water partition coefficient (Wildman–Crippen LogP) is 2.64. The Morgan fingerprint density at radius 3 is 2.60 bits per heavy atom. The van der Waals surface area contributed by atoms with E-state index in [0.717, 1.165) is 16.7 Å². The van der Waals surface area contributed by atoms with Gasteiger partial charge in [-0.3, -0.25) is 5.01 Å². The maximum absolute atomic E-state index is 12.8. The van der Waals surface area contributed by atoms with Gasteiger partial charge < -0.3 is 9.84 Å². The number of pyridine rings is 1. The number of fused-ring (bicyclic) bond motifs is 1. The van der Waals surface area contributed by atoms with Crippen LogP contribution >= 0.6 is 0 Å². The van der Waals surface area contributed by atoms with Gasteiger partial charge >= 0.3 is 0 Å². The molecule has 8 heteroatoms. The third kappa shape index (κ3) is 4.34. The number of sulfone groups is 1. The number of hydrogen-bond acceptors (Lipinski definition) is 7. The lowest BCUT2D eigenvalue weighted by molar-refractivity contribution is 0.196. The molecule has 1 N–H and O–H groups in total. The van der Waals surface area contributed by atoms with E-state index in [1.807, 2.05) is 17.1 Å². The molecule has 4 rings (SSSR count). The Morgan fingerprint density at radius 2 is 1.87 bits per heavy atom. The summed E-state index contributed by atoms with van der Waals surface area (Å²) in [6.07, 6.45) is 3.41. The summed E-state index contributed by atoms with van der Waals surface area (Å²) in [7, 11) is -3.56. The highest BCUT2D eigenvalue weighted by Gasteiger charge is 2.20. The Bertz CT molecular complexity index is 1150. The Labute approximate surface area is 175 Å². The van der Waals surface area contributed by atoms with Crippen LogP contribution < -0.4 is 4.74 Å². The van der Waals surface area contributed by atoms with Crippen molar-refractivity contribution in [2.24, 2.45) is 5.10 Å². The molecule has 0 aliphatic carbocycles. The van der Waals surface area contributed by atoms with E-state index in [4.69, 9.17) is 9.84 Å². The molecule has 0 fully saturated rings. The Balaban J connectivity index is 1.47. The zero-order chi connectivity index (χ0) is 21.0. The van der Waals surface area contributed by atoms with Gasteiger partial charge in [0.05, 0.1) is 35.7 Å². The normalized spacial score (nSPS) is 13.2. The highest BCUT2D eigenvalue weighted by molar-refractivity contribution is 7.91. The molecule has 0 bridgehead atoms. The van der Waals surface area contributed by atoms with Crippen molar-refractivity contribution in [1.82, 2.24) is 9.99 Å². The SMILES string of the molecule is O=S(=O)(c1ccccc1)c1ccc2c(c1)C=NN(Cc1ccc(OCCO)nc1)C2. The van der Waals surface area contributed by atoms with Crippen LogP contribution in [-0.2, 0) is 22.9 Å². The quantitative estimate of drug-likeness (QED) is 0.628. The van der Waals surface area contributed by atoms with Crippen LogP contribution in [0.25, 0.3) is 0 Å². The number of hydrazone groups is 1. The van der Waals surface area contributed by atoms with Gasteiger partial charge in [0.15, 0.2) is 0 Å². The summed E-state index contributed by atoms with van der Waals surface area (Å²) in [5, 5.41) is 15.1. The van der Waals surface area contributed by atoms with Crippen LogP contribution in [0.15, 0.2) is 81.8 Å². The van der Waals surface area contributed by atoms with Crippen molar-refractivity contribution in [2.45, 2.75) is 22.9 Å². The zero-order valence-corrected chi connectivity index (χ0v) is 17.0. The highest BCUT2D eigenvalue weighted by Crippen LogP contribution is 2.25. The molecule has 0 amide bonds. The summed E-state index contributed by atoms with van der Waals surface area (Å²) >= 11 is 0. The molecule has 1 aromatic heterocycles. The van der Waals surface area contributed by atoms with Crippen molar-refractivity contribution >= 4 is 16.1 Å². The summed E-state index contributed by atoms with van der Waals surface area (Å²) in [4.78, 5) is 4.75. The van der Waals surface area contributed by atoms with Gasteiger partial charge in [-0.05, 0) is 35.4 Å². The van der Waals surface area contributed by atoms with E-state index in [-0.39, 0.29) is 23.0 Å². The van der Waals surface area contributed by atoms with Crippen LogP contribution in [0.2, 0.25) is 0 Å². The van der Waals surface area contributed by atoms with Gasteiger partial charge in [0.2, 0.25) is 15.7 Å². The summed E-state index contributed by atoms with van der Waals surface area (Å²) in [5.74, 6) is 0.465. The zero-order valence-electron chi connectivity index (χ0n) is 16.2. The van der Waals surface area contributed by atoms with Crippen LogP contribution in [-0.4, -0.2) is 42.9 Å². The third-order valence-electron chi connectivity index (χ3n) is 4.70. The minimum Gasteiger partial charge on any atom is -0.475 e. The van der Waals surface area contributed by atoms with Crippen LogP contribution in [0.4, 0.5) is 0 Å². The number of nitrogens with zero attached hydrogens (tertiary/aromatic N) is 3. The van der Waals surface area contributed by atoms with Gasteiger partial charge in [0, 0.05) is 17.8 Å². The molecule has 0 spiro atoms. The van der Waals surface area contributed by atoms with Crippen LogP contribution in [0.3, 0.4) is 0 Å². The molecule has 3 aromatic rings. The van der Waals surface area contributed by atoms with Gasteiger partial charge in [-0.15, -0.1) is 0 Å². The van der Waals surface area contributed by atoms with Gasteiger partial charge in [-0.1, -0.05) is 30.3 Å². The lowest BCUT2D eigenvalue weighted by Gasteiger charge is -2.24. The summed E-state index contributed by atoms with van der Waals surface area (Å²) < 4.78 is 30.9. The fourth-order valence-corrected chi connectivity index (χ4v) is 4.49. The molecule has 30 heavy (non-hydrogen) atoms. The largest absolute Gasteiger partial charge is 0.475 e. The molecular weight excluding hydrogens is 402 g/mol. The van der Waals surface area contributed by atoms with E-state index in [0.29, 0.717) is 19.0 Å². The number of rotatable bonds is 7. The second kappa shape index (κ2) is 8.64. The highest BCUT2D eigenvalue weighted by atomic mass is 32.2. The number of hydrogen-bond donors (Lipinski definition) is 1. The number of aliphatic hydroxyl groups excluding tert-OH is 1. The van der Waals surface area contributed by atoms with Crippen LogP contribution in [0, 0.1) is 0 Å². The first kappa shape index (κ1) is 20.1. The Kier molecular flexibility index (Phi) is 5.78. The van der Waals surface area contributed by atoms with Gasteiger partial charge in [-0.2, -0.15) is 5.10 Å². The molecule has 1 aliphatic rings. The maximum Gasteiger partial charge on any atom is 0.213 e. The smallest absolute Gasteiger partial charge is 0.213 e. The maximum atomic E-state index is 12.8. The monoisotopic (exact) mass is 423 g/mol. The van der Waals surface area contributed by atoms with Gasteiger partial charge in [0.25, 0.3) is 0 Å². The molecule has 7 nitrogen and oxygen atoms in total. The second-order valence-electron chi connectivity index (χ2n) is 6.82. The lowest BCUT2D eigenvalue weighted by Crippen LogP contribution is -2.21. The third-order valence-corrected chi connectivity index (χ3v) is 6.47. The first-order valence-electron chi connectivity index (χ1n) is 9.47. The van der Waals surface area contributed by atoms with E-state index in [1.165, 1.54) is 0 Å². The van der Waals surface area contributed by atoms with Crippen molar-refractivity contribution in [3.05, 3.63) is 83.6 Å². The van der Waals surface area contributed by atoms with E-state index in [2.05, 4.69) is 10.1 Å². The Morgan fingerprint density at radius 1 is 1.03 bits per heavy atom. The molecule has 154 valence electrons. The standard InChI is InChI=1S/C22H21N3O4S/c26-10-11-29-22-9-6-17(13-23-22)15-25-16-18-7-8-21(12-19(18)14-24-25)30(27,28)20-4-2-1-3-5-20/h1-9,12-14,26H,10-11,15-16H2. The summed E-state index contributed by atoms with van der Waals surface area (Å²) in [6.45, 7) is 1.29. The number of benzene rings is 2. The molecule has 0 unspecified atom stereocenters. The molecule has 0 saturated carbocycles. The van der Waals surface area contributed by atoms with Crippen molar-refractivity contribution in [1.29, 1.82) is 0 Å². The van der Waals surface area contributed by atoms with Crippen LogP contribution in [0.1, 0.15) is 16.7 Å².